The standard InChI is InChI=1S/C11H4F10O/c12-8(13,10(17,18)11(19,20)21)7(22)5-3-1-2-4-6(5)9(14,15)16/h1-4H. The van der Waals surface area contributed by atoms with Gasteiger partial charge in [-0.25, -0.2) is 0 Å². The van der Waals surface area contributed by atoms with Crippen molar-refractivity contribution < 1.29 is 48.7 Å². The normalized spacial score (nSPS) is 14.1. The minimum atomic E-state index is -6.82. The first kappa shape index (κ1) is 18.2. The molecule has 1 aromatic rings. The zero-order chi connectivity index (χ0) is 17.6. The predicted molar refractivity (Wildman–Crippen MR) is 51.7 cm³/mol. The fourth-order valence-corrected chi connectivity index (χ4v) is 1.42. The molecule has 1 rings (SSSR count). The summed E-state index contributed by atoms with van der Waals surface area (Å²) in [6, 6.07) is 1.46. The number of halogens is 10. The van der Waals surface area contributed by atoms with E-state index in [-0.39, 0.29) is 12.1 Å². The fourth-order valence-electron chi connectivity index (χ4n) is 1.42. The van der Waals surface area contributed by atoms with Gasteiger partial charge in [0.2, 0.25) is 5.78 Å². The van der Waals surface area contributed by atoms with Crippen molar-refractivity contribution in [1.29, 1.82) is 0 Å². The fraction of sp³-hybridized carbons (Fsp3) is 0.364. The van der Waals surface area contributed by atoms with Crippen LogP contribution in [0.2, 0.25) is 0 Å². The van der Waals surface area contributed by atoms with Crippen LogP contribution in [0.3, 0.4) is 0 Å². The molecule has 0 fully saturated rings. The molecule has 0 atom stereocenters. The number of alkyl halides is 10. The first-order valence-corrected chi connectivity index (χ1v) is 5.17. The summed E-state index contributed by atoms with van der Waals surface area (Å²) in [6.07, 6.45) is -12.2. The molecule has 1 nitrogen and oxygen atoms in total. The smallest absolute Gasteiger partial charge is 0.287 e. The number of carbonyl (C=O) groups excluding carboxylic acids is 1. The molecule has 11 heteroatoms. The van der Waals surface area contributed by atoms with Crippen LogP contribution >= 0.6 is 0 Å². The summed E-state index contributed by atoms with van der Waals surface area (Å²) >= 11 is 0. The van der Waals surface area contributed by atoms with Crippen molar-refractivity contribution >= 4 is 5.78 Å². The first-order chi connectivity index (χ1) is 9.64. The highest BCUT2D eigenvalue weighted by atomic mass is 19.4. The summed E-state index contributed by atoms with van der Waals surface area (Å²) in [6.45, 7) is 0. The van der Waals surface area contributed by atoms with Crippen molar-refractivity contribution in [1.82, 2.24) is 0 Å². The molecule has 0 spiro atoms. The molecule has 124 valence electrons. The zero-order valence-corrected chi connectivity index (χ0v) is 10.00. The summed E-state index contributed by atoms with van der Waals surface area (Å²) in [7, 11) is 0. The summed E-state index contributed by atoms with van der Waals surface area (Å²) < 4.78 is 125. The van der Waals surface area contributed by atoms with Gasteiger partial charge in [-0.15, -0.1) is 0 Å². The predicted octanol–water partition coefficient (Wildman–Crippen LogP) is 4.72. The Bertz CT molecular complexity index is 569. The topological polar surface area (TPSA) is 17.1 Å². The van der Waals surface area contributed by atoms with Crippen molar-refractivity contribution in [3.8, 4) is 0 Å². The molecule has 0 bridgehead atoms. The lowest BCUT2D eigenvalue weighted by Crippen LogP contribution is -2.56. The quantitative estimate of drug-likeness (QED) is 0.574. The molecule has 0 saturated heterocycles. The van der Waals surface area contributed by atoms with Gasteiger partial charge in [-0.1, -0.05) is 18.2 Å². The minimum absolute atomic E-state index is 0.0888. The Hall–Kier alpha value is -1.81. The summed E-state index contributed by atoms with van der Waals surface area (Å²) in [4.78, 5) is 11.2. The van der Waals surface area contributed by atoms with E-state index in [0.29, 0.717) is 12.1 Å². The third-order valence-corrected chi connectivity index (χ3v) is 2.51. The molecule has 0 aromatic heterocycles. The van der Waals surface area contributed by atoms with E-state index < -0.39 is 41.1 Å². The Kier molecular flexibility index (Phi) is 4.25. The molecule has 0 heterocycles. The van der Waals surface area contributed by atoms with Crippen LogP contribution in [-0.4, -0.2) is 23.8 Å². The van der Waals surface area contributed by atoms with E-state index in [9.17, 15) is 48.7 Å². The van der Waals surface area contributed by atoms with E-state index in [1.165, 1.54) is 0 Å². The third-order valence-electron chi connectivity index (χ3n) is 2.51. The van der Waals surface area contributed by atoms with Crippen molar-refractivity contribution in [2.75, 3.05) is 0 Å². The second-order valence-electron chi connectivity index (χ2n) is 4.02. The third kappa shape index (κ3) is 2.88. The Morgan fingerprint density at radius 3 is 1.64 bits per heavy atom. The van der Waals surface area contributed by atoms with Gasteiger partial charge in [0, 0.05) is 5.56 Å². The van der Waals surface area contributed by atoms with E-state index in [1.807, 2.05) is 0 Å². The largest absolute Gasteiger partial charge is 0.460 e. The highest BCUT2D eigenvalue weighted by Crippen LogP contribution is 2.48. The number of benzene rings is 1. The van der Waals surface area contributed by atoms with Crippen LogP contribution in [0.1, 0.15) is 15.9 Å². The number of hydrogen-bond acceptors (Lipinski definition) is 1. The van der Waals surface area contributed by atoms with Gasteiger partial charge in [-0.3, -0.25) is 4.79 Å². The van der Waals surface area contributed by atoms with Crippen LogP contribution in [0.15, 0.2) is 24.3 Å². The van der Waals surface area contributed by atoms with Gasteiger partial charge in [0.1, 0.15) is 0 Å². The Morgan fingerprint density at radius 1 is 0.773 bits per heavy atom. The minimum Gasteiger partial charge on any atom is -0.287 e. The lowest BCUT2D eigenvalue weighted by molar-refractivity contribution is -0.339. The maximum Gasteiger partial charge on any atom is 0.460 e. The Balaban J connectivity index is 3.45. The van der Waals surface area contributed by atoms with E-state index >= 15 is 0 Å². The second-order valence-corrected chi connectivity index (χ2v) is 4.02. The van der Waals surface area contributed by atoms with Gasteiger partial charge in [0.15, 0.2) is 0 Å². The van der Waals surface area contributed by atoms with Crippen molar-refractivity contribution in [2.24, 2.45) is 0 Å². The second kappa shape index (κ2) is 5.13. The maximum atomic E-state index is 13.2. The summed E-state index contributed by atoms with van der Waals surface area (Å²) in [5.74, 6) is -16.5. The lowest BCUT2D eigenvalue weighted by Gasteiger charge is -2.27. The SMILES string of the molecule is O=C(c1ccccc1C(F)(F)F)C(F)(F)C(F)(F)C(F)(F)F. The number of ketones is 1. The lowest BCUT2D eigenvalue weighted by atomic mass is 9.95. The van der Waals surface area contributed by atoms with Gasteiger partial charge in [-0.2, -0.15) is 43.9 Å². The van der Waals surface area contributed by atoms with Gasteiger partial charge >= 0.3 is 24.2 Å². The van der Waals surface area contributed by atoms with Crippen molar-refractivity contribution in [3.05, 3.63) is 35.4 Å². The molecule has 0 aliphatic rings. The highest BCUT2D eigenvalue weighted by molar-refractivity contribution is 6.03. The molecular weight excluding hydrogens is 338 g/mol. The first-order valence-electron chi connectivity index (χ1n) is 5.17. The van der Waals surface area contributed by atoms with Crippen LogP contribution in [-0.2, 0) is 6.18 Å². The van der Waals surface area contributed by atoms with E-state index in [1.54, 1.807) is 0 Å². The number of carbonyl (C=O) groups is 1. The summed E-state index contributed by atoms with van der Waals surface area (Å²) in [5.41, 5.74) is -4.03. The number of Topliss-reactive ketones (excluding diaryl/α,β-unsaturated/α-hetero) is 1. The maximum absolute atomic E-state index is 13.2. The van der Waals surface area contributed by atoms with E-state index in [2.05, 4.69) is 0 Å². The number of hydrogen-bond donors (Lipinski definition) is 0. The van der Waals surface area contributed by atoms with Gasteiger partial charge < -0.3 is 0 Å². The van der Waals surface area contributed by atoms with E-state index in [0.717, 1.165) is 0 Å². The number of rotatable bonds is 3. The molecule has 1 aromatic carbocycles. The Morgan fingerprint density at radius 2 is 1.23 bits per heavy atom. The van der Waals surface area contributed by atoms with Gasteiger partial charge in [-0.05, 0) is 6.07 Å². The van der Waals surface area contributed by atoms with Crippen LogP contribution < -0.4 is 0 Å². The van der Waals surface area contributed by atoms with Gasteiger partial charge in [0.05, 0.1) is 5.56 Å². The van der Waals surface area contributed by atoms with Gasteiger partial charge in [0.25, 0.3) is 0 Å². The molecule has 0 aliphatic carbocycles. The summed E-state index contributed by atoms with van der Waals surface area (Å²) in [5, 5.41) is 0. The zero-order valence-electron chi connectivity index (χ0n) is 10.00. The molecule has 22 heavy (non-hydrogen) atoms. The van der Waals surface area contributed by atoms with Crippen LogP contribution in [0.5, 0.6) is 0 Å². The molecular formula is C11H4F10O. The van der Waals surface area contributed by atoms with Crippen LogP contribution in [0.25, 0.3) is 0 Å². The van der Waals surface area contributed by atoms with E-state index in [4.69, 9.17) is 0 Å². The molecule has 0 aliphatic heterocycles. The molecule has 0 saturated carbocycles. The highest BCUT2D eigenvalue weighted by Gasteiger charge is 2.76. The molecule has 0 radical (unpaired) electrons. The average Bonchev–Trinajstić information content (AvgIpc) is 2.35. The molecule has 0 N–H and O–H groups in total. The van der Waals surface area contributed by atoms with Crippen molar-refractivity contribution in [3.63, 3.8) is 0 Å². The molecule has 0 amide bonds. The Labute approximate surface area is 115 Å². The van der Waals surface area contributed by atoms with Crippen LogP contribution in [0, 0.1) is 0 Å². The molecule has 0 unspecified atom stereocenters. The average molecular weight is 342 g/mol. The van der Waals surface area contributed by atoms with Crippen LogP contribution in [0.4, 0.5) is 43.9 Å². The monoisotopic (exact) mass is 342 g/mol. The van der Waals surface area contributed by atoms with Crippen molar-refractivity contribution in [2.45, 2.75) is 24.2 Å².